The predicted octanol–water partition coefficient (Wildman–Crippen LogP) is 3.95. The van der Waals surface area contributed by atoms with Gasteiger partial charge in [-0.25, -0.2) is 0 Å². The smallest absolute Gasteiger partial charge is 0.244 e. The summed E-state index contributed by atoms with van der Waals surface area (Å²) in [5.74, 6) is -0.484. The Morgan fingerprint density at radius 1 is 0.769 bits per heavy atom. The van der Waals surface area contributed by atoms with Crippen LogP contribution in [0, 0.1) is 0 Å². The third-order valence-electron chi connectivity index (χ3n) is 3.28. The van der Waals surface area contributed by atoms with E-state index in [0.29, 0.717) is 23.1 Å². The highest BCUT2D eigenvalue weighted by Gasteiger charge is 1.98. The largest absolute Gasteiger partial charge is 0.351 e. The highest BCUT2D eigenvalue weighted by atomic mass is 35.5. The van der Waals surface area contributed by atoms with Crippen molar-refractivity contribution in [1.82, 2.24) is 10.6 Å². The number of nitrogens with one attached hydrogen (secondary N) is 2. The van der Waals surface area contributed by atoms with Crippen molar-refractivity contribution in [3.05, 3.63) is 81.9 Å². The van der Waals surface area contributed by atoms with Gasteiger partial charge in [-0.15, -0.1) is 0 Å². The van der Waals surface area contributed by atoms with Crippen LogP contribution >= 0.6 is 23.2 Å². The number of hydrogen-bond donors (Lipinski definition) is 2. The van der Waals surface area contributed by atoms with Gasteiger partial charge in [-0.3, -0.25) is 9.59 Å². The lowest BCUT2D eigenvalue weighted by Crippen LogP contribution is -2.33. The van der Waals surface area contributed by atoms with Crippen molar-refractivity contribution in [3.8, 4) is 0 Å². The molecule has 2 amide bonds. The Morgan fingerprint density at radius 2 is 1.19 bits per heavy atom. The Kier molecular flexibility index (Phi) is 7.93. The molecule has 2 rings (SSSR count). The molecule has 0 fully saturated rings. The van der Waals surface area contributed by atoms with Crippen molar-refractivity contribution in [1.29, 1.82) is 0 Å². The Labute approximate surface area is 162 Å². The van der Waals surface area contributed by atoms with E-state index in [1.807, 2.05) is 24.3 Å². The molecular weight excluding hydrogens is 371 g/mol. The summed E-state index contributed by atoms with van der Waals surface area (Å²) in [4.78, 5) is 23.4. The average Bonchev–Trinajstić information content (AvgIpc) is 2.62. The standard InChI is InChI=1S/C20H18Cl2N2O2/c21-17-5-1-3-15(13-17)7-9-19(25)23-11-12-24-20(26)10-8-16-4-2-6-18(22)14-16/h1-10,13-14H,11-12H2,(H,23,25)(H,24,26)/b9-7+,10-8+. The highest BCUT2D eigenvalue weighted by Crippen LogP contribution is 2.12. The van der Waals surface area contributed by atoms with Gasteiger partial charge in [0.2, 0.25) is 11.8 Å². The first-order valence-corrected chi connectivity index (χ1v) is 8.71. The van der Waals surface area contributed by atoms with Crippen LogP contribution in [0.4, 0.5) is 0 Å². The van der Waals surface area contributed by atoms with Gasteiger partial charge in [-0.1, -0.05) is 47.5 Å². The van der Waals surface area contributed by atoms with E-state index in [4.69, 9.17) is 23.2 Å². The molecule has 4 nitrogen and oxygen atoms in total. The van der Waals surface area contributed by atoms with Gasteiger partial charge in [-0.2, -0.15) is 0 Å². The minimum atomic E-state index is -0.242. The molecule has 0 spiro atoms. The summed E-state index contributed by atoms with van der Waals surface area (Å²) in [6, 6.07) is 14.4. The minimum absolute atomic E-state index is 0.242. The maximum atomic E-state index is 11.7. The van der Waals surface area contributed by atoms with E-state index in [0.717, 1.165) is 11.1 Å². The number of carbonyl (C=O) groups is 2. The number of hydrogen-bond acceptors (Lipinski definition) is 2. The highest BCUT2D eigenvalue weighted by molar-refractivity contribution is 6.31. The van der Waals surface area contributed by atoms with Crippen LogP contribution < -0.4 is 10.6 Å². The molecular formula is C20H18Cl2N2O2. The SMILES string of the molecule is O=C(/C=C/c1cccc(Cl)c1)NCCNC(=O)/C=C/c1cccc(Cl)c1. The number of rotatable bonds is 7. The predicted molar refractivity (Wildman–Crippen MR) is 107 cm³/mol. The molecule has 0 radical (unpaired) electrons. The van der Waals surface area contributed by atoms with Gasteiger partial charge in [0.05, 0.1) is 0 Å². The van der Waals surface area contributed by atoms with Crippen LogP contribution in [-0.4, -0.2) is 24.9 Å². The maximum Gasteiger partial charge on any atom is 0.244 e. The van der Waals surface area contributed by atoms with Crippen LogP contribution in [0.2, 0.25) is 10.0 Å². The summed E-state index contributed by atoms with van der Waals surface area (Å²) in [6.07, 6.45) is 6.19. The van der Waals surface area contributed by atoms with Crippen molar-refractivity contribution in [2.75, 3.05) is 13.1 Å². The molecule has 0 heterocycles. The molecule has 0 aliphatic rings. The summed E-state index contributed by atoms with van der Waals surface area (Å²) < 4.78 is 0. The second-order valence-electron chi connectivity index (χ2n) is 5.36. The van der Waals surface area contributed by atoms with Gasteiger partial charge in [0.25, 0.3) is 0 Å². The van der Waals surface area contributed by atoms with Crippen LogP contribution in [0.15, 0.2) is 60.7 Å². The molecule has 2 aromatic carbocycles. The Hall–Kier alpha value is -2.56. The molecule has 0 aliphatic carbocycles. The van der Waals surface area contributed by atoms with Crippen molar-refractivity contribution < 1.29 is 9.59 Å². The molecule has 134 valence electrons. The van der Waals surface area contributed by atoms with Gasteiger partial charge < -0.3 is 10.6 Å². The lowest BCUT2D eigenvalue weighted by Gasteiger charge is -2.03. The maximum absolute atomic E-state index is 11.7. The van der Waals surface area contributed by atoms with E-state index in [2.05, 4.69) is 10.6 Å². The number of amides is 2. The molecule has 6 heteroatoms. The quantitative estimate of drug-likeness (QED) is 0.557. The van der Waals surface area contributed by atoms with Crippen molar-refractivity contribution >= 4 is 47.2 Å². The van der Waals surface area contributed by atoms with E-state index >= 15 is 0 Å². The van der Waals surface area contributed by atoms with Crippen LogP contribution in [0.5, 0.6) is 0 Å². The third-order valence-corrected chi connectivity index (χ3v) is 3.75. The van der Waals surface area contributed by atoms with Crippen LogP contribution in [0.1, 0.15) is 11.1 Å². The zero-order valence-corrected chi connectivity index (χ0v) is 15.4. The van der Waals surface area contributed by atoms with Crippen LogP contribution in [0.3, 0.4) is 0 Å². The second-order valence-corrected chi connectivity index (χ2v) is 6.23. The molecule has 2 aromatic rings. The molecule has 0 aliphatic heterocycles. The number of benzene rings is 2. The zero-order valence-electron chi connectivity index (χ0n) is 13.9. The fraction of sp³-hybridized carbons (Fsp3) is 0.100. The van der Waals surface area contributed by atoms with Crippen molar-refractivity contribution in [3.63, 3.8) is 0 Å². The Morgan fingerprint density at radius 3 is 1.58 bits per heavy atom. The summed E-state index contributed by atoms with van der Waals surface area (Å²) in [7, 11) is 0. The Balaban J connectivity index is 1.67. The first kappa shape index (κ1) is 19.8. The second kappa shape index (κ2) is 10.4. The topological polar surface area (TPSA) is 58.2 Å². The van der Waals surface area contributed by atoms with Crippen LogP contribution in [0.25, 0.3) is 12.2 Å². The molecule has 0 unspecified atom stereocenters. The van der Waals surface area contributed by atoms with Gasteiger partial charge in [0.15, 0.2) is 0 Å². The normalized spacial score (nSPS) is 11.0. The zero-order chi connectivity index (χ0) is 18.8. The lowest BCUT2D eigenvalue weighted by molar-refractivity contribution is -0.118. The molecule has 0 saturated heterocycles. The molecule has 0 atom stereocenters. The van der Waals surface area contributed by atoms with Gasteiger partial charge in [0, 0.05) is 35.3 Å². The van der Waals surface area contributed by atoms with Gasteiger partial charge in [-0.05, 0) is 47.5 Å². The molecule has 0 saturated carbocycles. The van der Waals surface area contributed by atoms with E-state index in [1.54, 1.807) is 36.4 Å². The monoisotopic (exact) mass is 388 g/mol. The average molecular weight is 389 g/mol. The van der Waals surface area contributed by atoms with E-state index in [-0.39, 0.29) is 11.8 Å². The first-order chi connectivity index (χ1) is 12.5. The van der Waals surface area contributed by atoms with E-state index in [9.17, 15) is 9.59 Å². The summed E-state index contributed by atoms with van der Waals surface area (Å²) in [5.41, 5.74) is 1.68. The third kappa shape index (κ3) is 7.55. The summed E-state index contributed by atoms with van der Waals surface area (Å²) >= 11 is 11.8. The van der Waals surface area contributed by atoms with E-state index in [1.165, 1.54) is 12.2 Å². The summed E-state index contributed by atoms with van der Waals surface area (Å²) in [5, 5.41) is 6.60. The molecule has 0 aromatic heterocycles. The molecule has 0 bridgehead atoms. The van der Waals surface area contributed by atoms with Gasteiger partial charge >= 0.3 is 0 Å². The Bertz CT molecular complexity index is 763. The summed E-state index contributed by atoms with van der Waals surface area (Å²) in [6.45, 7) is 0.658. The van der Waals surface area contributed by atoms with Crippen molar-refractivity contribution in [2.45, 2.75) is 0 Å². The molecule has 2 N–H and O–H groups in total. The van der Waals surface area contributed by atoms with Gasteiger partial charge in [0.1, 0.15) is 0 Å². The fourth-order valence-corrected chi connectivity index (χ4v) is 2.45. The minimum Gasteiger partial charge on any atom is -0.351 e. The first-order valence-electron chi connectivity index (χ1n) is 7.96. The number of carbonyl (C=O) groups excluding carboxylic acids is 2. The van der Waals surface area contributed by atoms with Crippen LogP contribution in [-0.2, 0) is 9.59 Å². The number of halogens is 2. The van der Waals surface area contributed by atoms with E-state index < -0.39 is 0 Å². The lowest BCUT2D eigenvalue weighted by atomic mass is 10.2. The fourth-order valence-electron chi connectivity index (χ4n) is 2.05. The van der Waals surface area contributed by atoms with Crippen molar-refractivity contribution in [2.24, 2.45) is 0 Å². The molecule has 26 heavy (non-hydrogen) atoms.